The first-order chi connectivity index (χ1) is 8.86. The number of hydrogen-bond acceptors (Lipinski definition) is 3. The Morgan fingerprint density at radius 3 is 3.11 bits per heavy atom. The van der Waals surface area contributed by atoms with Gasteiger partial charge in [0.1, 0.15) is 5.76 Å². The van der Waals surface area contributed by atoms with Crippen molar-refractivity contribution >= 4 is 0 Å². The number of aryl methyl sites for hydroxylation is 1. The number of hydrogen-bond donors (Lipinski definition) is 1. The molecule has 18 heavy (non-hydrogen) atoms. The molecule has 2 heterocycles. The maximum Gasteiger partial charge on any atom is 0.176 e. The van der Waals surface area contributed by atoms with E-state index in [1.807, 2.05) is 24.5 Å². The highest BCUT2D eigenvalue weighted by Crippen LogP contribution is 2.23. The van der Waals surface area contributed by atoms with Crippen molar-refractivity contribution in [2.45, 2.75) is 45.3 Å². The van der Waals surface area contributed by atoms with Gasteiger partial charge in [0.05, 0.1) is 6.54 Å². The summed E-state index contributed by atoms with van der Waals surface area (Å²) < 4.78 is 7.98. The lowest BCUT2D eigenvalue weighted by Crippen LogP contribution is -2.14. The van der Waals surface area contributed by atoms with Crippen LogP contribution in [0.5, 0.6) is 0 Å². The van der Waals surface area contributed by atoms with Crippen LogP contribution in [0.15, 0.2) is 28.9 Å². The van der Waals surface area contributed by atoms with Gasteiger partial charge in [0.25, 0.3) is 0 Å². The van der Waals surface area contributed by atoms with Crippen molar-refractivity contribution in [3.05, 3.63) is 30.3 Å². The quantitative estimate of drug-likeness (QED) is 0.851. The van der Waals surface area contributed by atoms with Crippen molar-refractivity contribution in [3.8, 4) is 11.6 Å². The predicted molar refractivity (Wildman–Crippen MR) is 70.1 cm³/mol. The second-order valence-electron chi connectivity index (χ2n) is 4.87. The zero-order valence-electron chi connectivity index (χ0n) is 10.7. The number of imidazole rings is 1. The monoisotopic (exact) mass is 245 g/mol. The number of furan rings is 1. The second-order valence-corrected chi connectivity index (χ2v) is 4.87. The van der Waals surface area contributed by atoms with Gasteiger partial charge in [0, 0.05) is 25.0 Å². The fourth-order valence-corrected chi connectivity index (χ4v) is 2.08. The molecule has 0 aliphatic heterocycles. The lowest BCUT2D eigenvalue weighted by atomic mass is 10.4. The van der Waals surface area contributed by atoms with Crippen LogP contribution in [0, 0.1) is 0 Å². The predicted octanol–water partition coefficient (Wildman–Crippen LogP) is 2.81. The zero-order chi connectivity index (χ0) is 12.4. The van der Waals surface area contributed by atoms with Gasteiger partial charge in [-0.15, -0.1) is 0 Å². The Balaban J connectivity index is 1.72. The van der Waals surface area contributed by atoms with Gasteiger partial charge in [-0.25, -0.2) is 4.98 Å². The summed E-state index contributed by atoms with van der Waals surface area (Å²) in [5.74, 6) is 2.78. The van der Waals surface area contributed by atoms with Crippen LogP contribution < -0.4 is 5.32 Å². The first-order valence-electron chi connectivity index (χ1n) is 6.70. The lowest BCUT2D eigenvalue weighted by Gasteiger charge is -2.03. The minimum Gasteiger partial charge on any atom is -0.456 e. The van der Waals surface area contributed by atoms with E-state index in [-0.39, 0.29) is 0 Å². The molecule has 1 fully saturated rings. The fraction of sp³-hybridized carbons (Fsp3) is 0.500. The zero-order valence-corrected chi connectivity index (χ0v) is 10.7. The maximum absolute atomic E-state index is 5.85. The van der Waals surface area contributed by atoms with Gasteiger partial charge < -0.3 is 14.3 Å². The lowest BCUT2D eigenvalue weighted by molar-refractivity contribution is 0.486. The molecule has 1 N–H and O–H groups in total. The summed E-state index contributed by atoms with van der Waals surface area (Å²) in [7, 11) is 0. The van der Waals surface area contributed by atoms with Crippen LogP contribution >= 0.6 is 0 Å². The third-order valence-electron chi connectivity index (χ3n) is 3.20. The van der Waals surface area contributed by atoms with Crippen molar-refractivity contribution in [2.24, 2.45) is 0 Å². The summed E-state index contributed by atoms with van der Waals surface area (Å²) in [6.07, 6.45) is 7.53. The molecule has 0 spiro atoms. The number of aromatic nitrogens is 2. The summed E-state index contributed by atoms with van der Waals surface area (Å²) in [6, 6.07) is 4.76. The van der Waals surface area contributed by atoms with Gasteiger partial charge in [-0.2, -0.15) is 0 Å². The van der Waals surface area contributed by atoms with Gasteiger partial charge in [-0.3, -0.25) is 0 Å². The van der Waals surface area contributed by atoms with Crippen LogP contribution in [0.3, 0.4) is 0 Å². The van der Waals surface area contributed by atoms with Gasteiger partial charge >= 0.3 is 0 Å². The molecule has 0 unspecified atom stereocenters. The van der Waals surface area contributed by atoms with Crippen LogP contribution in [0.25, 0.3) is 11.6 Å². The molecule has 4 nitrogen and oxygen atoms in total. The SMILES string of the molecule is CCCn1ccnc1-c1ccc(CNC2CC2)o1. The third kappa shape index (κ3) is 2.48. The van der Waals surface area contributed by atoms with E-state index < -0.39 is 0 Å². The molecule has 4 heteroatoms. The van der Waals surface area contributed by atoms with E-state index in [0.717, 1.165) is 36.9 Å². The average molecular weight is 245 g/mol. The molecule has 2 aromatic heterocycles. The molecule has 1 aliphatic rings. The van der Waals surface area contributed by atoms with Gasteiger partial charge in [-0.05, 0) is 31.4 Å². The Kier molecular flexibility index (Phi) is 3.19. The molecule has 0 radical (unpaired) electrons. The molecule has 1 saturated carbocycles. The van der Waals surface area contributed by atoms with Crippen LogP contribution in [0.4, 0.5) is 0 Å². The summed E-state index contributed by atoms with van der Waals surface area (Å²) in [5.41, 5.74) is 0. The molecule has 0 amide bonds. The third-order valence-corrected chi connectivity index (χ3v) is 3.20. The summed E-state index contributed by atoms with van der Waals surface area (Å²) in [6.45, 7) is 3.96. The van der Waals surface area contributed by atoms with Crippen LogP contribution in [-0.2, 0) is 13.1 Å². The van der Waals surface area contributed by atoms with E-state index in [9.17, 15) is 0 Å². The van der Waals surface area contributed by atoms with E-state index in [1.165, 1.54) is 12.8 Å². The normalized spacial score (nSPS) is 15.2. The largest absolute Gasteiger partial charge is 0.456 e. The Bertz CT molecular complexity index is 511. The number of nitrogens with one attached hydrogen (secondary N) is 1. The first-order valence-corrected chi connectivity index (χ1v) is 6.70. The van der Waals surface area contributed by atoms with Gasteiger partial charge in [0.15, 0.2) is 11.6 Å². The minimum absolute atomic E-state index is 0.709. The first kappa shape index (κ1) is 11.5. The molecule has 0 atom stereocenters. The highest BCUT2D eigenvalue weighted by molar-refractivity contribution is 5.47. The Labute approximate surface area is 107 Å². The molecule has 2 aromatic rings. The van der Waals surface area contributed by atoms with Gasteiger partial charge in [-0.1, -0.05) is 6.92 Å². The van der Waals surface area contributed by atoms with E-state index in [4.69, 9.17) is 4.42 Å². The Morgan fingerprint density at radius 2 is 2.33 bits per heavy atom. The molecule has 0 saturated heterocycles. The summed E-state index contributed by atoms with van der Waals surface area (Å²) in [4.78, 5) is 4.37. The number of nitrogens with zero attached hydrogens (tertiary/aromatic N) is 2. The average Bonchev–Trinajstić information content (AvgIpc) is 2.89. The van der Waals surface area contributed by atoms with Crippen molar-refractivity contribution in [1.29, 1.82) is 0 Å². The molecule has 3 rings (SSSR count). The van der Waals surface area contributed by atoms with Crippen LogP contribution in [0.1, 0.15) is 31.9 Å². The highest BCUT2D eigenvalue weighted by atomic mass is 16.3. The molecular formula is C14H19N3O. The molecule has 0 bridgehead atoms. The standard InChI is InChI=1S/C14H19N3O/c1-2-8-17-9-7-15-14(17)13-6-5-12(18-13)10-16-11-3-4-11/h5-7,9,11,16H,2-4,8,10H2,1H3. The van der Waals surface area contributed by atoms with Crippen LogP contribution in [-0.4, -0.2) is 15.6 Å². The van der Waals surface area contributed by atoms with Crippen molar-refractivity contribution in [2.75, 3.05) is 0 Å². The molecule has 0 aromatic carbocycles. The Morgan fingerprint density at radius 1 is 1.44 bits per heavy atom. The second kappa shape index (κ2) is 4.98. The Hall–Kier alpha value is -1.55. The summed E-state index contributed by atoms with van der Waals surface area (Å²) in [5, 5.41) is 3.45. The topological polar surface area (TPSA) is 43.0 Å². The van der Waals surface area contributed by atoms with Crippen molar-refractivity contribution in [1.82, 2.24) is 14.9 Å². The highest BCUT2D eigenvalue weighted by Gasteiger charge is 2.20. The fourth-order valence-electron chi connectivity index (χ4n) is 2.08. The molecule has 1 aliphatic carbocycles. The van der Waals surface area contributed by atoms with E-state index in [0.29, 0.717) is 6.04 Å². The minimum atomic E-state index is 0.709. The smallest absolute Gasteiger partial charge is 0.176 e. The molecule has 96 valence electrons. The summed E-state index contributed by atoms with van der Waals surface area (Å²) >= 11 is 0. The van der Waals surface area contributed by atoms with E-state index in [1.54, 1.807) is 0 Å². The van der Waals surface area contributed by atoms with Crippen molar-refractivity contribution < 1.29 is 4.42 Å². The maximum atomic E-state index is 5.85. The number of rotatable bonds is 6. The van der Waals surface area contributed by atoms with E-state index in [2.05, 4.69) is 21.8 Å². The van der Waals surface area contributed by atoms with Crippen molar-refractivity contribution in [3.63, 3.8) is 0 Å². The van der Waals surface area contributed by atoms with Gasteiger partial charge in [0.2, 0.25) is 0 Å². The van der Waals surface area contributed by atoms with Crippen LogP contribution in [0.2, 0.25) is 0 Å². The molecular weight excluding hydrogens is 226 g/mol. The van der Waals surface area contributed by atoms with E-state index >= 15 is 0 Å².